The lowest BCUT2D eigenvalue weighted by molar-refractivity contribution is -0.151. The van der Waals surface area contributed by atoms with E-state index in [1.165, 1.54) is 12.1 Å². The first-order valence-corrected chi connectivity index (χ1v) is 14.8. The Labute approximate surface area is 255 Å². The maximum absolute atomic E-state index is 13.5. The third-order valence-corrected chi connectivity index (χ3v) is 7.38. The Balaban J connectivity index is 2.10. The largest absolute Gasteiger partial charge is 0.463 e. The Hall–Kier alpha value is -3.78. The molecule has 0 unspecified atom stereocenters. The number of aliphatic hydroxyl groups excluding tert-OH is 1. The molecule has 0 aliphatic carbocycles. The summed E-state index contributed by atoms with van der Waals surface area (Å²) in [6, 6.07) is 15.0. The minimum Gasteiger partial charge on any atom is -0.463 e. The van der Waals surface area contributed by atoms with Gasteiger partial charge in [-0.3, -0.25) is 14.4 Å². The van der Waals surface area contributed by atoms with Crippen molar-refractivity contribution < 1.29 is 28.6 Å². The van der Waals surface area contributed by atoms with Crippen LogP contribution in [0.3, 0.4) is 0 Å². The molecule has 0 radical (unpaired) electrons. The number of benzene rings is 2. The zero-order valence-electron chi connectivity index (χ0n) is 25.8. The Bertz CT molecular complexity index is 1180. The Morgan fingerprint density at radius 2 is 1.67 bits per heavy atom. The molecule has 0 heterocycles. The van der Waals surface area contributed by atoms with Gasteiger partial charge in [0.1, 0.15) is 12.4 Å². The van der Waals surface area contributed by atoms with Crippen molar-refractivity contribution in [2.75, 3.05) is 19.8 Å². The van der Waals surface area contributed by atoms with Gasteiger partial charge in [0.05, 0.1) is 24.5 Å². The van der Waals surface area contributed by atoms with E-state index in [1.54, 1.807) is 29.2 Å². The molecule has 2 aromatic carbocycles. The van der Waals surface area contributed by atoms with Crippen molar-refractivity contribution in [1.29, 1.82) is 0 Å². The van der Waals surface area contributed by atoms with E-state index in [4.69, 9.17) is 4.74 Å². The van der Waals surface area contributed by atoms with E-state index in [0.717, 1.165) is 11.1 Å². The first-order chi connectivity index (χ1) is 20.5. The highest BCUT2D eigenvalue weighted by atomic mass is 19.1. The van der Waals surface area contributed by atoms with Crippen LogP contribution in [0.1, 0.15) is 57.6 Å². The van der Waals surface area contributed by atoms with E-state index in [1.807, 2.05) is 51.1 Å². The summed E-state index contributed by atoms with van der Waals surface area (Å²) in [5.74, 6) is -2.44. The Morgan fingerprint density at radius 1 is 1.00 bits per heavy atom. The fourth-order valence-corrected chi connectivity index (χ4v) is 4.65. The number of hydrogen-bond donors (Lipinski definition) is 2. The third-order valence-electron chi connectivity index (χ3n) is 7.38. The van der Waals surface area contributed by atoms with E-state index in [0.29, 0.717) is 25.8 Å². The van der Waals surface area contributed by atoms with Crippen LogP contribution in [0.25, 0.3) is 0 Å². The molecule has 8 heteroatoms. The Kier molecular flexibility index (Phi) is 14.8. The molecule has 7 nitrogen and oxygen atoms in total. The summed E-state index contributed by atoms with van der Waals surface area (Å²) in [6.07, 6.45) is 5.13. The van der Waals surface area contributed by atoms with Gasteiger partial charge in [-0.1, -0.05) is 75.4 Å². The highest BCUT2D eigenvalue weighted by molar-refractivity contribution is 5.86. The lowest BCUT2D eigenvalue weighted by Gasteiger charge is -2.33. The molecular weight excluding hydrogens is 547 g/mol. The van der Waals surface area contributed by atoms with Gasteiger partial charge in [0.15, 0.2) is 0 Å². The van der Waals surface area contributed by atoms with Crippen LogP contribution in [0.5, 0.6) is 0 Å². The van der Waals surface area contributed by atoms with Crippen LogP contribution < -0.4 is 5.32 Å². The van der Waals surface area contributed by atoms with Gasteiger partial charge >= 0.3 is 5.97 Å². The number of carbonyl (C=O) groups is 3. The van der Waals surface area contributed by atoms with Gasteiger partial charge in [0, 0.05) is 19.5 Å². The molecule has 2 N–H and O–H groups in total. The van der Waals surface area contributed by atoms with Crippen molar-refractivity contribution in [1.82, 2.24) is 10.2 Å². The highest BCUT2D eigenvalue weighted by Crippen LogP contribution is 2.23. The van der Waals surface area contributed by atoms with Gasteiger partial charge < -0.3 is 20.1 Å². The zero-order chi connectivity index (χ0) is 31.8. The predicted octanol–water partition coefficient (Wildman–Crippen LogP) is 5.63. The number of rotatable bonds is 18. The molecule has 0 aromatic heterocycles. The average Bonchev–Trinajstić information content (AvgIpc) is 2.97. The molecule has 0 saturated carbocycles. The average molecular weight is 595 g/mol. The van der Waals surface area contributed by atoms with Gasteiger partial charge in [-0.2, -0.15) is 0 Å². The van der Waals surface area contributed by atoms with E-state index in [2.05, 4.69) is 18.5 Å². The molecule has 0 aliphatic rings. The third kappa shape index (κ3) is 12.5. The van der Waals surface area contributed by atoms with Gasteiger partial charge in [-0.25, -0.2) is 4.39 Å². The zero-order valence-corrected chi connectivity index (χ0v) is 25.8. The summed E-state index contributed by atoms with van der Waals surface area (Å²) in [5.41, 5.74) is 1.30. The molecule has 0 fully saturated rings. The van der Waals surface area contributed by atoms with Crippen LogP contribution in [-0.2, 0) is 32.1 Å². The number of esters is 1. The van der Waals surface area contributed by atoms with Crippen LogP contribution >= 0.6 is 0 Å². The highest BCUT2D eigenvalue weighted by Gasteiger charge is 2.32. The lowest BCUT2D eigenvalue weighted by Crippen LogP contribution is -2.50. The maximum Gasteiger partial charge on any atom is 0.309 e. The van der Waals surface area contributed by atoms with Gasteiger partial charge in [0.25, 0.3) is 0 Å². The molecule has 234 valence electrons. The summed E-state index contributed by atoms with van der Waals surface area (Å²) >= 11 is 0. The van der Waals surface area contributed by atoms with Crippen molar-refractivity contribution >= 4 is 17.8 Å². The monoisotopic (exact) mass is 594 g/mol. The Morgan fingerprint density at radius 3 is 2.26 bits per heavy atom. The quantitative estimate of drug-likeness (QED) is 0.172. The van der Waals surface area contributed by atoms with Crippen molar-refractivity contribution in [3.63, 3.8) is 0 Å². The van der Waals surface area contributed by atoms with E-state index < -0.39 is 29.3 Å². The number of nitrogens with one attached hydrogen (secondary N) is 1. The SMILES string of the molecule is C=CCC[C@H](Cc1ccc(F)cc1)C(=O)OC[C@@H](NC(=O)[C@@H](CC=C)CC(=O)N(CCO)Cc1ccccc1)C(C)(C)C. The van der Waals surface area contributed by atoms with E-state index in [-0.39, 0.29) is 50.2 Å². The summed E-state index contributed by atoms with van der Waals surface area (Å²) < 4.78 is 19.1. The minimum absolute atomic E-state index is 0.0402. The van der Waals surface area contributed by atoms with Crippen LogP contribution in [0.15, 0.2) is 79.9 Å². The molecule has 0 saturated heterocycles. The van der Waals surface area contributed by atoms with E-state index >= 15 is 0 Å². The smallest absolute Gasteiger partial charge is 0.309 e. The van der Waals surface area contributed by atoms with Crippen LogP contribution in [0, 0.1) is 23.1 Å². The second-order valence-corrected chi connectivity index (χ2v) is 11.9. The number of nitrogens with zero attached hydrogens (tertiary/aromatic N) is 1. The van der Waals surface area contributed by atoms with E-state index in [9.17, 15) is 23.9 Å². The standard InChI is InChI=1S/C35H47FN2O5/c1-6-8-15-29(22-26-16-18-30(36)19-17-26)34(42)43-25-31(35(3,4)5)37-33(41)28(12-7-2)23-32(40)38(20-21-39)24-27-13-10-9-11-14-27/h6-7,9-11,13-14,16-19,28-29,31,39H,1-2,8,12,15,20-25H2,3-5H3,(H,37,41)/t28-,29+,31+/m0/s1. The normalized spacial score (nSPS) is 13.3. The number of allylic oxidation sites excluding steroid dienone is 2. The van der Waals surface area contributed by atoms with Crippen LogP contribution in [0.4, 0.5) is 4.39 Å². The van der Waals surface area contributed by atoms with Gasteiger partial charge in [0.2, 0.25) is 11.8 Å². The number of hydrogen-bond acceptors (Lipinski definition) is 5. The molecule has 2 rings (SSSR count). The molecule has 0 spiro atoms. The summed E-state index contributed by atoms with van der Waals surface area (Å²) in [7, 11) is 0. The van der Waals surface area contributed by atoms with Crippen LogP contribution in [0.2, 0.25) is 0 Å². The lowest BCUT2D eigenvalue weighted by atomic mass is 9.86. The number of carbonyl (C=O) groups excluding carboxylic acids is 3. The molecular formula is C35H47FN2O5. The summed E-state index contributed by atoms with van der Waals surface area (Å²) in [6.45, 7) is 13.6. The topological polar surface area (TPSA) is 95.9 Å². The predicted molar refractivity (Wildman–Crippen MR) is 167 cm³/mol. The van der Waals surface area contributed by atoms with Crippen LogP contribution in [-0.4, -0.2) is 53.6 Å². The number of aliphatic hydroxyl groups is 1. The first-order valence-electron chi connectivity index (χ1n) is 14.8. The first kappa shape index (κ1) is 35.4. The molecule has 3 atom stereocenters. The molecule has 0 aliphatic heterocycles. The molecule has 43 heavy (non-hydrogen) atoms. The van der Waals surface area contributed by atoms with Crippen molar-refractivity contribution in [2.45, 2.75) is 65.5 Å². The maximum atomic E-state index is 13.5. The number of halogens is 1. The fraction of sp³-hybridized carbons (Fsp3) is 0.457. The van der Waals surface area contributed by atoms with Gasteiger partial charge in [-0.15, -0.1) is 13.2 Å². The van der Waals surface area contributed by atoms with Crippen molar-refractivity contribution in [3.05, 3.63) is 96.9 Å². The fourth-order valence-electron chi connectivity index (χ4n) is 4.65. The van der Waals surface area contributed by atoms with Gasteiger partial charge in [-0.05, 0) is 54.4 Å². The second kappa shape index (κ2) is 18.0. The summed E-state index contributed by atoms with van der Waals surface area (Å²) in [4.78, 5) is 41.5. The van der Waals surface area contributed by atoms with Crippen molar-refractivity contribution in [3.8, 4) is 0 Å². The van der Waals surface area contributed by atoms with Crippen molar-refractivity contribution in [2.24, 2.45) is 17.3 Å². The minimum atomic E-state index is -0.679. The number of ether oxygens (including phenoxy) is 1. The molecule has 2 aromatic rings. The number of amides is 2. The molecule has 2 amide bonds. The summed E-state index contributed by atoms with van der Waals surface area (Å²) in [5, 5.41) is 12.6. The molecule has 0 bridgehead atoms. The second-order valence-electron chi connectivity index (χ2n) is 11.9.